The summed E-state index contributed by atoms with van der Waals surface area (Å²) < 4.78 is 35.4. The lowest BCUT2D eigenvalue weighted by Crippen LogP contribution is -2.58. The van der Waals surface area contributed by atoms with Crippen molar-refractivity contribution in [2.75, 3.05) is 31.5 Å². The quantitative estimate of drug-likeness (QED) is 0.350. The molecule has 10 nitrogen and oxygen atoms in total. The van der Waals surface area contributed by atoms with Crippen LogP contribution in [0.1, 0.15) is 69.7 Å². The molecule has 1 atom stereocenters. The number of aryl methyl sites for hydroxylation is 2. The standard InChI is InChI=1S/C33H45N5O5S/c1-22-16-25(10-12-29(22)35-26-20-36(21-26)32(40)43-33(4,5)6)18-34-31(39)24(3)38-19-23(2)28-17-27(11-13-30(28)38)44(41,42)37-14-8-7-9-15-37/h10-13,16-17,19,24,26,35H,7-9,14-15,18,20-21H2,1-6H3,(H,34,39). The molecular weight excluding hydrogens is 578 g/mol. The number of hydrogen-bond donors (Lipinski definition) is 2. The number of nitrogens with one attached hydrogen (secondary N) is 2. The van der Waals surface area contributed by atoms with Crippen LogP contribution in [0.15, 0.2) is 47.5 Å². The first-order chi connectivity index (χ1) is 20.7. The van der Waals surface area contributed by atoms with Gasteiger partial charge >= 0.3 is 6.09 Å². The molecule has 0 saturated carbocycles. The van der Waals surface area contributed by atoms with E-state index >= 15 is 0 Å². The fourth-order valence-electron chi connectivity index (χ4n) is 5.87. The van der Waals surface area contributed by atoms with E-state index in [0.29, 0.717) is 37.6 Å². The van der Waals surface area contributed by atoms with Gasteiger partial charge in [0.2, 0.25) is 15.9 Å². The second-order valence-electron chi connectivity index (χ2n) is 13.1. The smallest absolute Gasteiger partial charge is 0.410 e. The van der Waals surface area contributed by atoms with E-state index in [9.17, 15) is 18.0 Å². The van der Waals surface area contributed by atoms with Crippen LogP contribution in [0.2, 0.25) is 0 Å². The summed E-state index contributed by atoms with van der Waals surface area (Å²) in [6.07, 6.45) is 4.47. The van der Waals surface area contributed by atoms with E-state index < -0.39 is 21.7 Å². The average molecular weight is 624 g/mol. The van der Waals surface area contributed by atoms with Gasteiger partial charge in [-0.25, -0.2) is 13.2 Å². The number of amides is 2. The molecule has 11 heteroatoms. The summed E-state index contributed by atoms with van der Waals surface area (Å²) in [6.45, 7) is 14.1. The van der Waals surface area contributed by atoms with Crippen LogP contribution in [0.4, 0.5) is 10.5 Å². The van der Waals surface area contributed by atoms with Gasteiger partial charge in [0.05, 0.1) is 10.9 Å². The van der Waals surface area contributed by atoms with Crippen LogP contribution in [0, 0.1) is 13.8 Å². The molecule has 1 unspecified atom stereocenters. The Balaban J connectivity index is 1.18. The highest BCUT2D eigenvalue weighted by Gasteiger charge is 2.34. The molecule has 1 aromatic heterocycles. The van der Waals surface area contributed by atoms with Crippen LogP contribution in [-0.4, -0.2) is 72.0 Å². The third-order valence-corrected chi connectivity index (χ3v) is 10.3. The molecule has 2 saturated heterocycles. The maximum Gasteiger partial charge on any atom is 0.410 e. The van der Waals surface area contributed by atoms with Gasteiger partial charge in [-0.2, -0.15) is 4.31 Å². The summed E-state index contributed by atoms with van der Waals surface area (Å²) >= 11 is 0. The topological polar surface area (TPSA) is 113 Å². The van der Waals surface area contributed by atoms with E-state index in [1.165, 1.54) is 0 Å². The molecule has 3 heterocycles. The van der Waals surface area contributed by atoms with Crippen molar-refractivity contribution in [1.29, 1.82) is 0 Å². The third kappa shape index (κ3) is 6.89. The summed E-state index contributed by atoms with van der Waals surface area (Å²) in [5, 5.41) is 7.39. The molecule has 0 aliphatic carbocycles. The van der Waals surface area contributed by atoms with Crippen LogP contribution in [0.3, 0.4) is 0 Å². The SMILES string of the molecule is Cc1cc(CNC(=O)C(C)n2cc(C)c3cc(S(=O)(=O)N4CCCCC4)ccc32)ccc1NC1CN(C(=O)OC(C)(C)C)C1. The number of ether oxygens (including phenoxy) is 1. The molecule has 2 aromatic carbocycles. The van der Waals surface area contributed by atoms with Crippen molar-refractivity contribution < 1.29 is 22.7 Å². The van der Waals surface area contributed by atoms with Crippen molar-refractivity contribution in [3.63, 3.8) is 0 Å². The number of rotatable bonds is 8. The Morgan fingerprint density at radius 1 is 1.00 bits per heavy atom. The van der Waals surface area contributed by atoms with Gasteiger partial charge in [0.15, 0.2) is 0 Å². The molecule has 2 N–H and O–H groups in total. The summed E-state index contributed by atoms with van der Waals surface area (Å²) in [5.41, 5.74) is 4.29. The zero-order valence-corrected chi connectivity index (χ0v) is 27.5. The minimum Gasteiger partial charge on any atom is -0.444 e. The van der Waals surface area contributed by atoms with Crippen molar-refractivity contribution in [3.05, 3.63) is 59.3 Å². The van der Waals surface area contributed by atoms with Crippen LogP contribution in [-0.2, 0) is 26.1 Å². The van der Waals surface area contributed by atoms with Gasteiger partial charge in [-0.15, -0.1) is 0 Å². The van der Waals surface area contributed by atoms with Gasteiger partial charge < -0.3 is 24.8 Å². The number of aromatic nitrogens is 1. The van der Waals surface area contributed by atoms with E-state index in [0.717, 1.165) is 52.5 Å². The van der Waals surface area contributed by atoms with E-state index in [-0.39, 0.29) is 18.0 Å². The Bertz CT molecular complexity index is 1650. The summed E-state index contributed by atoms with van der Waals surface area (Å²) in [6, 6.07) is 10.9. The number of fused-ring (bicyclic) bond motifs is 1. The predicted octanol–water partition coefficient (Wildman–Crippen LogP) is 5.34. The number of sulfonamides is 1. The number of carbonyl (C=O) groups excluding carboxylic acids is 2. The minimum atomic E-state index is -3.54. The Labute approximate surface area is 260 Å². The molecule has 238 valence electrons. The normalized spacial score (nSPS) is 17.3. The molecule has 2 fully saturated rings. The van der Waals surface area contributed by atoms with Gasteiger partial charge in [-0.1, -0.05) is 18.6 Å². The Hall–Kier alpha value is -3.57. The van der Waals surface area contributed by atoms with Crippen molar-refractivity contribution in [1.82, 2.24) is 19.1 Å². The highest BCUT2D eigenvalue weighted by atomic mass is 32.2. The predicted molar refractivity (Wildman–Crippen MR) is 172 cm³/mol. The monoisotopic (exact) mass is 623 g/mol. The van der Waals surface area contributed by atoms with Gasteiger partial charge in [-0.3, -0.25) is 4.79 Å². The van der Waals surface area contributed by atoms with Crippen molar-refractivity contribution in [2.24, 2.45) is 0 Å². The molecular formula is C33H45N5O5S. The lowest BCUT2D eigenvalue weighted by molar-refractivity contribution is -0.123. The minimum absolute atomic E-state index is 0.122. The lowest BCUT2D eigenvalue weighted by Gasteiger charge is -2.40. The molecule has 2 amide bonds. The van der Waals surface area contributed by atoms with Gasteiger partial charge in [0, 0.05) is 55.5 Å². The van der Waals surface area contributed by atoms with Gasteiger partial charge in [0.1, 0.15) is 11.6 Å². The second kappa shape index (κ2) is 12.4. The molecule has 2 aliphatic heterocycles. The maximum atomic E-state index is 13.2. The summed E-state index contributed by atoms with van der Waals surface area (Å²) in [7, 11) is -3.54. The van der Waals surface area contributed by atoms with Crippen LogP contribution >= 0.6 is 0 Å². The number of benzene rings is 2. The zero-order chi connectivity index (χ0) is 31.8. The van der Waals surface area contributed by atoms with Crippen molar-refractivity contribution in [3.8, 4) is 0 Å². The molecule has 0 spiro atoms. The van der Waals surface area contributed by atoms with E-state index in [1.807, 2.05) is 70.5 Å². The highest BCUT2D eigenvalue weighted by molar-refractivity contribution is 7.89. The Morgan fingerprint density at radius 3 is 2.36 bits per heavy atom. The molecule has 0 radical (unpaired) electrons. The van der Waals surface area contributed by atoms with Crippen LogP contribution in [0.5, 0.6) is 0 Å². The Kier molecular flexibility index (Phi) is 9.00. The average Bonchev–Trinajstić information content (AvgIpc) is 3.28. The largest absolute Gasteiger partial charge is 0.444 e. The second-order valence-corrected chi connectivity index (χ2v) is 15.1. The van der Waals surface area contributed by atoms with E-state index in [1.54, 1.807) is 21.3 Å². The first-order valence-electron chi connectivity index (χ1n) is 15.5. The molecule has 0 bridgehead atoms. The first-order valence-corrected chi connectivity index (χ1v) is 16.9. The maximum absolute atomic E-state index is 13.2. The third-order valence-electron chi connectivity index (χ3n) is 8.40. The number of piperidine rings is 1. The van der Waals surface area contributed by atoms with Crippen molar-refractivity contribution >= 4 is 38.6 Å². The number of anilines is 1. The zero-order valence-electron chi connectivity index (χ0n) is 26.6. The van der Waals surface area contributed by atoms with Gasteiger partial charge in [0.25, 0.3) is 0 Å². The van der Waals surface area contributed by atoms with Crippen LogP contribution < -0.4 is 10.6 Å². The fourth-order valence-corrected chi connectivity index (χ4v) is 7.41. The molecule has 3 aromatic rings. The number of carbonyl (C=O) groups is 2. The highest BCUT2D eigenvalue weighted by Crippen LogP contribution is 2.29. The Morgan fingerprint density at radius 2 is 1.70 bits per heavy atom. The lowest BCUT2D eigenvalue weighted by atomic mass is 10.1. The number of hydrogen-bond acceptors (Lipinski definition) is 6. The van der Waals surface area contributed by atoms with E-state index in [2.05, 4.69) is 16.7 Å². The molecule has 44 heavy (non-hydrogen) atoms. The van der Waals surface area contributed by atoms with Crippen molar-refractivity contribution in [2.45, 2.75) is 89.9 Å². The first kappa shape index (κ1) is 31.8. The fraction of sp³-hybridized carbons (Fsp3) is 0.515. The summed E-state index contributed by atoms with van der Waals surface area (Å²) in [5.74, 6) is -0.122. The van der Waals surface area contributed by atoms with E-state index in [4.69, 9.17) is 4.74 Å². The number of nitrogens with zero attached hydrogens (tertiary/aromatic N) is 3. The van der Waals surface area contributed by atoms with Crippen LogP contribution in [0.25, 0.3) is 10.9 Å². The number of likely N-dealkylation sites (tertiary alicyclic amines) is 1. The summed E-state index contributed by atoms with van der Waals surface area (Å²) in [4.78, 5) is 27.4. The molecule has 5 rings (SSSR count). The molecule has 2 aliphatic rings. The van der Waals surface area contributed by atoms with Gasteiger partial charge in [-0.05, 0) is 95.3 Å².